The molecule has 0 saturated carbocycles. The van der Waals surface area contributed by atoms with E-state index < -0.39 is 23.9 Å². The summed E-state index contributed by atoms with van der Waals surface area (Å²) in [4.78, 5) is 67.5. The molecule has 0 radical (unpaired) electrons. The Kier molecular flexibility index (Phi) is 11.6. The average molecular weight is 879 g/mol. The minimum absolute atomic E-state index is 0. The van der Waals surface area contributed by atoms with Gasteiger partial charge in [0, 0.05) is 66.6 Å². The maximum atomic E-state index is 12.7. The van der Waals surface area contributed by atoms with Crippen LogP contribution in [0.2, 0.25) is 0 Å². The van der Waals surface area contributed by atoms with E-state index in [1.165, 1.54) is 24.3 Å². The van der Waals surface area contributed by atoms with E-state index in [1.807, 2.05) is 0 Å². The molecule has 0 saturated heterocycles. The molecule has 0 fully saturated rings. The van der Waals surface area contributed by atoms with E-state index in [0.717, 1.165) is 0 Å². The summed E-state index contributed by atoms with van der Waals surface area (Å²) >= 11 is 0. The Balaban J connectivity index is 0.00000289. The normalized spacial score (nSPS) is 11.4. The Hall–Kier alpha value is -7.83. The third-order valence-electron chi connectivity index (χ3n) is 10.4. The number of nitrogens with one attached hydrogen (secondary N) is 2. The fraction of sp³-hybridized carbons (Fsp3) is 0. The third kappa shape index (κ3) is 7.37. The minimum Gasteiger partial charge on any atom is -1.00 e. The number of fused-ring (bicyclic) bond motifs is 8. The number of carbonyl (C=O) groups is 4. The van der Waals surface area contributed by atoms with Crippen molar-refractivity contribution in [2.24, 2.45) is 0 Å². The zero-order valence-corrected chi connectivity index (χ0v) is 33.8. The summed E-state index contributed by atoms with van der Waals surface area (Å²) < 4.78 is 0. The molecule has 2 aliphatic heterocycles. The van der Waals surface area contributed by atoms with Crippen LogP contribution in [0, 0.1) is 0 Å². The molecule has 0 atom stereocenters. The Morgan fingerprint density at radius 2 is 0.645 bits per heavy atom. The average Bonchev–Trinajstić information content (AvgIpc) is 4.09. The first-order valence-electron chi connectivity index (χ1n) is 18.5. The van der Waals surface area contributed by atoms with Crippen LogP contribution in [0.15, 0.2) is 121 Å². The van der Waals surface area contributed by atoms with E-state index in [-0.39, 0.29) is 62.9 Å². The van der Waals surface area contributed by atoms with Crippen LogP contribution < -0.4 is 22.6 Å². The number of aromatic carboxylic acids is 4. The molecule has 7 aromatic rings. The Labute approximate surface area is 368 Å². The predicted molar refractivity (Wildman–Crippen MR) is 223 cm³/mol. The van der Waals surface area contributed by atoms with Crippen LogP contribution in [0.25, 0.3) is 90.9 Å². The number of carboxylic acid groups (broad SMARTS) is 4. The largest absolute Gasteiger partial charge is 3.00 e. The second-order valence-corrected chi connectivity index (χ2v) is 13.9. The van der Waals surface area contributed by atoms with Gasteiger partial charge in [-0.25, -0.2) is 19.6 Å². The summed E-state index contributed by atoms with van der Waals surface area (Å²) in [7, 11) is 0. The van der Waals surface area contributed by atoms with Crippen molar-refractivity contribution in [3.8, 4) is 44.5 Å². The number of carbonyl (C=O) groups excluding carboxylic acids is 2. The summed E-state index contributed by atoms with van der Waals surface area (Å²) in [6, 6.07) is 32.5. The number of H-pyrrole nitrogens is 2. The fourth-order valence-corrected chi connectivity index (χ4v) is 7.87. The molecule has 62 heavy (non-hydrogen) atoms. The first-order chi connectivity index (χ1) is 29.1. The SMILES string of the molecule is O=C([O-])c1ccccc1-c1c2nc(c(-c3ccccc3C(=O)[O-])c3ccc([nH]3)c(-c3ccccc3C(=O)O)c3nc(c(-c4ccccc4C(=O)O)c4ccc1[nH]4)C=C3)C=C2.[Cl-].[Mn+3]. The first-order valence-corrected chi connectivity index (χ1v) is 18.5. The summed E-state index contributed by atoms with van der Waals surface area (Å²) in [5.41, 5.74) is 5.47. The molecule has 0 unspecified atom stereocenters. The monoisotopic (exact) mass is 878 g/mol. The fourth-order valence-electron chi connectivity index (χ4n) is 7.87. The van der Waals surface area contributed by atoms with E-state index in [2.05, 4.69) is 9.97 Å². The second kappa shape index (κ2) is 17.0. The van der Waals surface area contributed by atoms with E-state index in [9.17, 15) is 39.6 Å². The molecule has 0 amide bonds. The number of nitrogens with zero attached hydrogens (tertiary/aromatic N) is 2. The zero-order chi connectivity index (χ0) is 41.7. The van der Waals surface area contributed by atoms with Gasteiger partial charge in [-0.15, -0.1) is 0 Å². The topological polar surface area (TPSA) is 212 Å². The standard InChI is InChI=1S/C48H30N4O8.ClH.Mn/c53-45(54)29-13-5-1-9-25(29)41-33-17-19-35(49-33)42(26-10-2-6-14-30(26)46(55)56)37-21-23-39(51-37)44(28-12-4-8-16-32(28)48(59)60)40-24-22-38(52-40)43(36-20-18-34(41)50-36)27-11-3-7-15-31(27)47(57)58;;/h1-24,49,52H,(H,53,54)(H,55,56)(H,57,58)(H,59,60);1H;/q;;+3/p-3. The first kappa shape index (κ1) is 42.3. The maximum Gasteiger partial charge on any atom is 3.00 e. The molecule has 2 aliphatic rings. The molecule has 4 N–H and O–H groups in total. The molecular weight excluding hydrogens is 851 g/mol. The van der Waals surface area contributed by atoms with Gasteiger partial charge in [0.25, 0.3) is 0 Å². The number of halogens is 1. The molecule has 8 bridgehead atoms. The molecule has 5 heterocycles. The van der Waals surface area contributed by atoms with Gasteiger partial charge in [0.1, 0.15) is 0 Å². The number of hydrogen-bond acceptors (Lipinski definition) is 8. The number of aromatic amines is 2. The summed E-state index contributed by atoms with van der Waals surface area (Å²) in [5.74, 6) is -5.21. The molecule has 3 aromatic heterocycles. The Bertz CT molecular complexity index is 2840. The van der Waals surface area contributed by atoms with Crippen molar-refractivity contribution in [2.75, 3.05) is 0 Å². The van der Waals surface area contributed by atoms with Crippen LogP contribution in [0.4, 0.5) is 0 Å². The maximum absolute atomic E-state index is 12.7. The van der Waals surface area contributed by atoms with Gasteiger partial charge < -0.3 is 52.4 Å². The third-order valence-corrected chi connectivity index (χ3v) is 10.4. The van der Waals surface area contributed by atoms with Crippen molar-refractivity contribution in [3.05, 3.63) is 166 Å². The summed E-state index contributed by atoms with van der Waals surface area (Å²) in [6.07, 6.45) is 6.81. The summed E-state index contributed by atoms with van der Waals surface area (Å²) in [5, 5.41) is 45.9. The second-order valence-electron chi connectivity index (χ2n) is 13.9. The zero-order valence-electron chi connectivity index (χ0n) is 31.9. The molecular formula is C48H28ClMnN4O8. The molecule has 0 aliphatic carbocycles. The predicted octanol–water partition coefficient (Wildman–Crippen LogP) is 4.45. The van der Waals surface area contributed by atoms with Gasteiger partial charge in [-0.3, -0.25) is 0 Å². The van der Waals surface area contributed by atoms with Crippen molar-refractivity contribution in [2.45, 2.75) is 0 Å². The van der Waals surface area contributed by atoms with Gasteiger partial charge in [0.15, 0.2) is 0 Å². The molecule has 12 nitrogen and oxygen atoms in total. The van der Waals surface area contributed by atoms with Crippen molar-refractivity contribution >= 4 is 70.2 Å². The van der Waals surface area contributed by atoms with Crippen LogP contribution >= 0.6 is 0 Å². The molecule has 4 aromatic carbocycles. The van der Waals surface area contributed by atoms with E-state index in [4.69, 9.17) is 9.97 Å². The summed E-state index contributed by atoms with van der Waals surface area (Å²) in [6.45, 7) is 0. The van der Waals surface area contributed by atoms with Gasteiger partial charge in [-0.2, -0.15) is 0 Å². The van der Waals surface area contributed by atoms with Gasteiger partial charge in [0.2, 0.25) is 0 Å². The number of benzene rings is 4. The van der Waals surface area contributed by atoms with Crippen LogP contribution in [0.1, 0.15) is 64.2 Å². The minimum atomic E-state index is -1.43. The molecule has 14 heteroatoms. The van der Waals surface area contributed by atoms with Crippen LogP contribution in [-0.4, -0.2) is 54.0 Å². The van der Waals surface area contributed by atoms with Crippen LogP contribution in [0.5, 0.6) is 0 Å². The molecule has 302 valence electrons. The van der Waals surface area contributed by atoms with Crippen LogP contribution in [-0.2, 0) is 17.1 Å². The Morgan fingerprint density at radius 1 is 0.403 bits per heavy atom. The molecule has 0 spiro atoms. The van der Waals surface area contributed by atoms with Crippen molar-refractivity contribution in [1.82, 2.24) is 19.9 Å². The van der Waals surface area contributed by atoms with E-state index >= 15 is 0 Å². The number of hydrogen-bond donors (Lipinski definition) is 4. The Morgan fingerprint density at radius 3 is 0.903 bits per heavy atom. The van der Waals surface area contributed by atoms with Gasteiger partial charge in [0.05, 0.1) is 45.8 Å². The van der Waals surface area contributed by atoms with E-state index in [0.29, 0.717) is 78.2 Å². The van der Waals surface area contributed by atoms with Gasteiger partial charge in [-0.1, -0.05) is 84.9 Å². The number of carboxylic acids is 4. The van der Waals surface area contributed by atoms with Crippen molar-refractivity contribution < 1.29 is 69.1 Å². The van der Waals surface area contributed by atoms with Gasteiger partial charge >= 0.3 is 29.0 Å². The van der Waals surface area contributed by atoms with Crippen molar-refractivity contribution in [1.29, 1.82) is 0 Å². The smallest absolute Gasteiger partial charge is 1.00 e. The molecule has 9 rings (SSSR count). The number of rotatable bonds is 8. The van der Waals surface area contributed by atoms with Gasteiger partial charge in [-0.05, 0) is 71.8 Å². The van der Waals surface area contributed by atoms with Crippen LogP contribution in [0.3, 0.4) is 0 Å². The number of aromatic nitrogens is 4. The quantitative estimate of drug-likeness (QED) is 0.158. The van der Waals surface area contributed by atoms with Crippen molar-refractivity contribution in [3.63, 3.8) is 0 Å². The van der Waals surface area contributed by atoms with E-state index in [1.54, 1.807) is 121 Å².